The van der Waals surface area contributed by atoms with E-state index in [0.29, 0.717) is 25.6 Å². The number of likely N-dealkylation sites (N-methyl/N-ethyl adjacent to an activating group) is 1. The van der Waals surface area contributed by atoms with Gasteiger partial charge < -0.3 is 20.9 Å². The van der Waals surface area contributed by atoms with Gasteiger partial charge in [-0.05, 0) is 62.1 Å². The van der Waals surface area contributed by atoms with E-state index in [2.05, 4.69) is 40.3 Å². The second-order valence-electron chi connectivity index (χ2n) is 9.57. The molecule has 1 aliphatic heterocycles. The summed E-state index contributed by atoms with van der Waals surface area (Å²) < 4.78 is 27.3. The fourth-order valence-corrected chi connectivity index (χ4v) is 7.92. The van der Waals surface area contributed by atoms with Crippen LogP contribution in [0.4, 0.5) is 17.3 Å². The highest BCUT2D eigenvalue weighted by Gasteiger charge is 2.41. The van der Waals surface area contributed by atoms with Crippen molar-refractivity contribution >= 4 is 49.7 Å². The number of sulfonamides is 1. The van der Waals surface area contributed by atoms with E-state index in [1.807, 2.05) is 24.4 Å². The number of thiophene rings is 1. The van der Waals surface area contributed by atoms with Gasteiger partial charge in [0.1, 0.15) is 5.65 Å². The molecule has 1 fully saturated rings. The van der Waals surface area contributed by atoms with Gasteiger partial charge in [0.2, 0.25) is 16.0 Å². The zero-order chi connectivity index (χ0) is 25.6. The number of aromatic nitrogens is 3. The second kappa shape index (κ2) is 9.71. The summed E-state index contributed by atoms with van der Waals surface area (Å²) in [5.41, 5.74) is 10.5. The van der Waals surface area contributed by atoms with Crippen LogP contribution >= 0.6 is 11.3 Å². The smallest absolute Gasteiger partial charge is 0.229 e. The average Bonchev–Trinajstić information content (AvgIpc) is 3.52. The molecular weight excluding hydrogens is 506 g/mol. The lowest BCUT2D eigenvalue weighted by Gasteiger charge is -2.26. The van der Waals surface area contributed by atoms with E-state index < -0.39 is 10.0 Å². The van der Waals surface area contributed by atoms with Crippen LogP contribution in [-0.4, -0.2) is 59.1 Å². The number of nitrogens with one attached hydrogen (secondary N) is 2. The number of fused-ring (bicyclic) bond motifs is 2. The first-order chi connectivity index (χ1) is 18.0. The predicted octanol–water partition coefficient (Wildman–Crippen LogP) is 4.56. The predicted molar refractivity (Wildman–Crippen MR) is 154 cm³/mol. The fourth-order valence-electron chi connectivity index (χ4n) is 4.94. The first-order valence-corrected chi connectivity index (χ1v) is 15.1. The van der Waals surface area contributed by atoms with Crippen molar-refractivity contribution in [2.24, 2.45) is 5.73 Å². The Morgan fingerprint density at radius 3 is 2.92 bits per heavy atom. The molecule has 0 unspecified atom stereocenters. The van der Waals surface area contributed by atoms with Gasteiger partial charge in [-0.15, -0.1) is 11.3 Å². The van der Waals surface area contributed by atoms with Gasteiger partial charge in [-0.25, -0.2) is 13.4 Å². The lowest BCUT2D eigenvalue weighted by molar-refractivity contribution is 0.393. The summed E-state index contributed by atoms with van der Waals surface area (Å²) in [5.74, 6) is 0.508. The highest BCUT2D eigenvalue weighted by Crippen LogP contribution is 2.39. The molecule has 4 aromatic rings. The Morgan fingerprint density at radius 2 is 2.14 bits per heavy atom. The molecule has 0 radical (unpaired) electrons. The molecule has 4 heterocycles. The Labute approximate surface area is 223 Å². The number of aromatic amines is 1. The Balaban J connectivity index is 0.00000176. The Morgan fingerprint density at radius 1 is 1.27 bits per heavy atom. The molecule has 1 saturated carbocycles. The van der Waals surface area contributed by atoms with Crippen molar-refractivity contribution in [1.82, 2.24) is 19.3 Å². The normalized spacial score (nSPS) is 16.2. The Kier molecular flexibility index (Phi) is 6.39. The van der Waals surface area contributed by atoms with Gasteiger partial charge >= 0.3 is 0 Å². The van der Waals surface area contributed by atoms with Crippen LogP contribution in [0.1, 0.15) is 33.1 Å². The summed E-state index contributed by atoms with van der Waals surface area (Å²) >= 11 is 1.70. The van der Waals surface area contributed by atoms with Gasteiger partial charge in [-0.3, -0.25) is 0 Å². The van der Waals surface area contributed by atoms with Crippen LogP contribution in [0.25, 0.3) is 21.6 Å². The molecule has 3 aromatic heterocycles. The van der Waals surface area contributed by atoms with Gasteiger partial charge in [-0.2, -0.15) is 9.29 Å². The molecule has 0 amide bonds. The van der Waals surface area contributed by atoms with E-state index in [1.165, 1.54) is 4.88 Å². The van der Waals surface area contributed by atoms with Crippen molar-refractivity contribution in [2.45, 2.75) is 38.0 Å². The van der Waals surface area contributed by atoms with Gasteiger partial charge in [0.15, 0.2) is 0 Å². The third-order valence-electron chi connectivity index (χ3n) is 7.03. The second-order valence-corrected chi connectivity index (χ2v) is 12.9. The van der Waals surface area contributed by atoms with Gasteiger partial charge in [-0.1, -0.05) is 6.07 Å². The number of nitrogens with two attached hydrogens (primary N) is 1. The molecule has 11 heteroatoms. The van der Waals surface area contributed by atoms with Gasteiger partial charge in [0.05, 0.1) is 15.8 Å². The van der Waals surface area contributed by atoms with Crippen LogP contribution in [0.3, 0.4) is 0 Å². The molecule has 1 aromatic carbocycles. The topological polar surface area (TPSA) is 120 Å². The van der Waals surface area contributed by atoms with E-state index in [-0.39, 0.29) is 8.10 Å². The number of hydrogen-bond donors (Lipinski definition) is 3. The SMILES string of the molecule is CCN(CCN)c1cccc(Nc2nc(-c3cc4c(s3)CCN(S(=O)(=O)C3CC3)C4)c3cc[nH]c3n2)c1.[HH].[HH]. The molecule has 0 bridgehead atoms. The van der Waals surface area contributed by atoms with E-state index in [9.17, 15) is 8.42 Å². The molecule has 37 heavy (non-hydrogen) atoms. The molecule has 198 valence electrons. The summed E-state index contributed by atoms with van der Waals surface area (Å²) in [5, 5.41) is 4.15. The third kappa shape index (κ3) is 4.72. The minimum absolute atomic E-state index is 0. The van der Waals surface area contributed by atoms with E-state index in [0.717, 1.165) is 70.9 Å². The van der Waals surface area contributed by atoms with E-state index >= 15 is 0 Å². The summed E-state index contributed by atoms with van der Waals surface area (Å²) in [6.07, 6.45) is 4.18. The lowest BCUT2D eigenvalue weighted by atomic mass is 10.1. The van der Waals surface area contributed by atoms with E-state index in [4.69, 9.17) is 15.7 Å². The molecule has 0 spiro atoms. The minimum Gasteiger partial charge on any atom is -0.370 e. The number of hydrogen-bond acceptors (Lipinski definition) is 8. The van der Waals surface area contributed by atoms with Crippen molar-refractivity contribution in [3.8, 4) is 10.6 Å². The van der Waals surface area contributed by atoms with Crippen molar-refractivity contribution in [3.63, 3.8) is 0 Å². The maximum Gasteiger partial charge on any atom is 0.229 e. The van der Waals surface area contributed by atoms with E-state index in [1.54, 1.807) is 15.6 Å². The van der Waals surface area contributed by atoms with Crippen LogP contribution in [0.5, 0.6) is 0 Å². The van der Waals surface area contributed by atoms with Crippen molar-refractivity contribution in [1.29, 1.82) is 0 Å². The standard InChI is InChI=1S/C26H31N7O2S2.2H2/c1-2-32(13-10-27)19-5-3-4-18(15-19)29-26-30-24(21-8-11-28-25(21)31-26)23-14-17-16-33(12-9-22(17)36-23)37(34,35)20-6-7-20;;/h3-5,8,11,14-15,20H,2,6-7,9-10,12-13,16,27H2,1H3,(H2,28,29,30,31);2*1H. The summed E-state index contributed by atoms with van der Waals surface area (Å²) in [6, 6.07) is 12.3. The quantitative estimate of drug-likeness (QED) is 0.284. The van der Waals surface area contributed by atoms with Crippen LogP contribution in [0.2, 0.25) is 0 Å². The zero-order valence-corrected chi connectivity index (χ0v) is 22.4. The first-order valence-electron chi connectivity index (χ1n) is 12.7. The van der Waals surface area contributed by atoms with Crippen molar-refractivity contribution in [3.05, 3.63) is 53.0 Å². The van der Waals surface area contributed by atoms with Gasteiger partial charge in [0, 0.05) is 63.4 Å². The molecule has 0 saturated heterocycles. The Hall–Kier alpha value is -2.99. The number of anilines is 3. The third-order valence-corrected chi connectivity index (χ3v) is 10.6. The minimum atomic E-state index is -3.18. The molecule has 9 nitrogen and oxygen atoms in total. The number of H-pyrrole nitrogens is 1. The average molecular weight is 542 g/mol. The molecule has 0 atom stereocenters. The monoisotopic (exact) mass is 541 g/mol. The largest absolute Gasteiger partial charge is 0.370 e. The molecular formula is C26H35N7O2S2. The molecule has 1 aliphatic carbocycles. The maximum absolute atomic E-state index is 12.8. The number of benzene rings is 1. The first kappa shape index (κ1) is 24.4. The lowest BCUT2D eigenvalue weighted by Crippen LogP contribution is -2.37. The fraction of sp³-hybridized carbons (Fsp3) is 0.385. The van der Waals surface area contributed by atoms with Crippen molar-refractivity contribution in [2.75, 3.05) is 36.4 Å². The molecule has 6 rings (SSSR count). The zero-order valence-electron chi connectivity index (χ0n) is 20.8. The van der Waals surface area contributed by atoms with Crippen LogP contribution < -0.4 is 16.0 Å². The maximum atomic E-state index is 12.8. The van der Waals surface area contributed by atoms with Crippen LogP contribution in [-0.2, 0) is 23.0 Å². The molecule has 2 aliphatic rings. The Bertz CT molecular complexity index is 1550. The van der Waals surface area contributed by atoms with Crippen LogP contribution in [0, 0.1) is 0 Å². The number of rotatable bonds is 9. The highest BCUT2D eigenvalue weighted by molar-refractivity contribution is 7.90. The highest BCUT2D eigenvalue weighted by atomic mass is 32.2. The molecule has 4 N–H and O–H groups in total. The summed E-state index contributed by atoms with van der Waals surface area (Å²) in [6.45, 7) is 5.37. The van der Waals surface area contributed by atoms with Gasteiger partial charge in [0.25, 0.3) is 0 Å². The van der Waals surface area contributed by atoms with Crippen molar-refractivity contribution < 1.29 is 11.3 Å². The number of nitrogens with zero attached hydrogens (tertiary/aromatic N) is 4. The summed E-state index contributed by atoms with van der Waals surface area (Å²) in [7, 11) is -3.18. The van der Waals surface area contributed by atoms with Crippen LogP contribution in [0.15, 0.2) is 42.6 Å². The summed E-state index contributed by atoms with van der Waals surface area (Å²) in [4.78, 5) is 17.3.